The lowest BCUT2D eigenvalue weighted by Crippen LogP contribution is -1.90. The lowest BCUT2D eigenvalue weighted by atomic mass is 10.1. The summed E-state index contributed by atoms with van der Waals surface area (Å²) < 4.78 is 13.3. The van der Waals surface area contributed by atoms with Gasteiger partial charge >= 0.3 is 0 Å². The number of benzene rings is 2. The number of halogens is 2. The van der Waals surface area contributed by atoms with E-state index < -0.39 is 0 Å². The minimum Gasteiger partial charge on any atom is -0.395 e. The molecule has 0 heterocycles. The summed E-state index contributed by atoms with van der Waals surface area (Å²) in [7, 11) is 0. The Morgan fingerprint density at radius 2 is 2.05 bits per heavy atom. The molecule has 0 unspecified atom stereocenters. The van der Waals surface area contributed by atoms with Crippen LogP contribution in [0.2, 0.25) is 5.02 Å². The molecule has 0 amide bonds. The Bertz CT molecular complexity index is 676. The van der Waals surface area contributed by atoms with Crippen molar-refractivity contribution in [2.75, 3.05) is 6.61 Å². The highest BCUT2D eigenvalue weighted by atomic mass is 35.5. The molecule has 21 heavy (non-hydrogen) atoms. The molecule has 2 aromatic rings. The molecule has 0 aliphatic heterocycles. The van der Waals surface area contributed by atoms with Gasteiger partial charge in [0, 0.05) is 27.7 Å². The van der Waals surface area contributed by atoms with Gasteiger partial charge in [-0.05, 0) is 35.9 Å². The summed E-state index contributed by atoms with van der Waals surface area (Å²) in [5.41, 5.74) is 1.63. The van der Waals surface area contributed by atoms with Crippen LogP contribution in [0.3, 0.4) is 0 Å². The van der Waals surface area contributed by atoms with Crippen LogP contribution in [0, 0.1) is 17.7 Å². The minimum atomic E-state index is -0.306. The van der Waals surface area contributed by atoms with Crippen LogP contribution in [0.5, 0.6) is 0 Å². The Morgan fingerprint density at radius 3 is 2.81 bits per heavy atom. The van der Waals surface area contributed by atoms with Gasteiger partial charge in [-0.3, -0.25) is 0 Å². The molecule has 0 fully saturated rings. The lowest BCUT2D eigenvalue weighted by Gasteiger charge is -2.05. The zero-order valence-electron chi connectivity index (χ0n) is 11.3. The second kappa shape index (κ2) is 8.09. The van der Waals surface area contributed by atoms with E-state index in [-0.39, 0.29) is 12.4 Å². The van der Waals surface area contributed by atoms with E-state index in [1.54, 1.807) is 17.8 Å². The Labute approximate surface area is 133 Å². The molecule has 0 aliphatic carbocycles. The Morgan fingerprint density at radius 1 is 1.19 bits per heavy atom. The maximum Gasteiger partial charge on any atom is 0.124 e. The standard InChI is InChI=1S/C17H14ClFOS/c18-15-5-3-6-17(11-15)21-12-14-7-8-16(19)10-13(14)4-1-2-9-20/h3,5-8,10-11,20H,2,9,12H2. The molecule has 0 radical (unpaired) electrons. The molecule has 1 nitrogen and oxygen atoms in total. The molecular weight excluding hydrogens is 307 g/mol. The van der Waals surface area contributed by atoms with E-state index in [9.17, 15) is 4.39 Å². The number of hydrogen-bond donors (Lipinski definition) is 1. The van der Waals surface area contributed by atoms with Crippen molar-refractivity contribution in [1.82, 2.24) is 0 Å². The van der Waals surface area contributed by atoms with Gasteiger partial charge in [0.2, 0.25) is 0 Å². The van der Waals surface area contributed by atoms with Gasteiger partial charge in [-0.2, -0.15) is 0 Å². The summed E-state index contributed by atoms with van der Waals surface area (Å²) in [5, 5.41) is 9.45. The van der Waals surface area contributed by atoms with Crippen molar-refractivity contribution in [1.29, 1.82) is 0 Å². The summed E-state index contributed by atoms with van der Waals surface area (Å²) in [4.78, 5) is 1.06. The van der Waals surface area contributed by atoms with Crippen LogP contribution < -0.4 is 0 Å². The summed E-state index contributed by atoms with van der Waals surface area (Å²) in [6.07, 6.45) is 0.386. The third-order valence-corrected chi connectivity index (χ3v) is 4.00. The molecule has 0 aromatic heterocycles. The van der Waals surface area contributed by atoms with Crippen molar-refractivity contribution in [2.45, 2.75) is 17.1 Å². The summed E-state index contributed by atoms with van der Waals surface area (Å²) in [5.74, 6) is 6.12. The molecule has 2 aromatic carbocycles. The maximum absolute atomic E-state index is 13.3. The molecule has 0 bridgehead atoms. The van der Waals surface area contributed by atoms with Crippen LogP contribution in [-0.2, 0) is 5.75 Å². The molecule has 4 heteroatoms. The smallest absolute Gasteiger partial charge is 0.124 e. The number of aliphatic hydroxyl groups excluding tert-OH is 1. The van der Waals surface area contributed by atoms with Crippen molar-refractivity contribution >= 4 is 23.4 Å². The minimum absolute atomic E-state index is 0.00884. The highest BCUT2D eigenvalue weighted by molar-refractivity contribution is 7.98. The van der Waals surface area contributed by atoms with Crippen LogP contribution in [0.25, 0.3) is 0 Å². The number of rotatable bonds is 4. The fourth-order valence-corrected chi connectivity index (χ4v) is 2.94. The first-order valence-corrected chi connectivity index (χ1v) is 7.82. The molecule has 0 saturated heterocycles. The quantitative estimate of drug-likeness (QED) is 0.661. The molecular formula is C17H14ClFOS. The van der Waals surface area contributed by atoms with Gasteiger partial charge in [-0.25, -0.2) is 4.39 Å². The summed E-state index contributed by atoms with van der Waals surface area (Å²) in [6, 6.07) is 12.2. The van der Waals surface area contributed by atoms with E-state index in [2.05, 4.69) is 11.8 Å². The SMILES string of the molecule is OCCC#Cc1cc(F)ccc1CSc1cccc(Cl)c1. The average Bonchev–Trinajstić information content (AvgIpc) is 2.47. The van der Waals surface area contributed by atoms with E-state index in [1.165, 1.54) is 12.1 Å². The Hall–Kier alpha value is -1.47. The fourth-order valence-electron chi connectivity index (χ4n) is 1.72. The number of hydrogen-bond acceptors (Lipinski definition) is 2. The van der Waals surface area contributed by atoms with Gasteiger partial charge in [-0.1, -0.05) is 35.6 Å². The molecule has 2 rings (SSSR count). The molecule has 0 spiro atoms. The first kappa shape index (κ1) is 15.9. The zero-order chi connectivity index (χ0) is 15.1. The van der Waals surface area contributed by atoms with Gasteiger partial charge in [0.1, 0.15) is 5.82 Å². The monoisotopic (exact) mass is 320 g/mol. The third kappa shape index (κ3) is 5.09. The van der Waals surface area contributed by atoms with Crippen LogP contribution in [0.4, 0.5) is 4.39 Å². The van der Waals surface area contributed by atoms with Crippen LogP contribution in [0.1, 0.15) is 17.5 Å². The van der Waals surface area contributed by atoms with Crippen molar-refractivity contribution in [3.05, 3.63) is 64.4 Å². The van der Waals surface area contributed by atoms with Crippen LogP contribution in [-0.4, -0.2) is 11.7 Å². The summed E-state index contributed by atoms with van der Waals surface area (Å²) in [6.45, 7) is 0.00884. The second-order valence-corrected chi connectivity index (χ2v) is 5.81. The lowest BCUT2D eigenvalue weighted by molar-refractivity contribution is 0.305. The Balaban J connectivity index is 2.14. The number of thioether (sulfide) groups is 1. The van der Waals surface area contributed by atoms with E-state index in [0.29, 0.717) is 22.8 Å². The van der Waals surface area contributed by atoms with Gasteiger partial charge in [-0.15, -0.1) is 11.8 Å². The van der Waals surface area contributed by atoms with Gasteiger partial charge in [0.25, 0.3) is 0 Å². The third-order valence-electron chi connectivity index (χ3n) is 2.72. The molecule has 108 valence electrons. The highest BCUT2D eigenvalue weighted by Gasteiger charge is 2.04. The molecule has 0 aliphatic rings. The zero-order valence-corrected chi connectivity index (χ0v) is 12.8. The molecule has 0 atom stereocenters. The molecule has 0 saturated carbocycles. The van der Waals surface area contributed by atoms with Gasteiger partial charge in [0.05, 0.1) is 6.61 Å². The van der Waals surface area contributed by atoms with Crippen LogP contribution >= 0.6 is 23.4 Å². The second-order valence-electron chi connectivity index (χ2n) is 4.32. The predicted octanol–water partition coefficient (Wildman–Crippen LogP) is 4.51. The fraction of sp³-hybridized carbons (Fsp3) is 0.176. The van der Waals surface area contributed by atoms with Crippen molar-refractivity contribution in [3.63, 3.8) is 0 Å². The average molecular weight is 321 g/mol. The van der Waals surface area contributed by atoms with E-state index in [1.807, 2.05) is 24.3 Å². The van der Waals surface area contributed by atoms with E-state index in [0.717, 1.165) is 10.5 Å². The first-order chi connectivity index (χ1) is 10.2. The maximum atomic E-state index is 13.3. The van der Waals surface area contributed by atoms with E-state index in [4.69, 9.17) is 16.7 Å². The highest BCUT2D eigenvalue weighted by Crippen LogP contribution is 2.26. The van der Waals surface area contributed by atoms with Crippen molar-refractivity contribution < 1.29 is 9.50 Å². The topological polar surface area (TPSA) is 20.2 Å². The van der Waals surface area contributed by atoms with E-state index >= 15 is 0 Å². The van der Waals surface area contributed by atoms with Crippen molar-refractivity contribution in [3.8, 4) is 11.8 Å². The van der Waals surface area contributed by atoms with Crippen molar-refractivity contribution in [2.24, 2.45) is 0 Å². The number of aliphatic hydroxyl groups is 1. The van der Waals surface area contributed by atoms with Crippen LogP contribution in [0.15, 0.2) is 47.4 Å². The predicted molar refractivity (Wildman–Crippen MR) is 86.0 cm³/mol. The van der Waals surface area contributed by atoms with Gasteiger partial charge in [0.15, 0.2) is 0 Å². The Kier molecular flexibility index (Phi) is 6.13. The largest absolute Gasteiger partial charge is 0.395 e. The van der Waals surface area contributed by atoms with Gasteiger partial charge < -0.3 is 5.11 Å². The summed E-state index contributed by atoms with van der Waals surface area (Å²) >= 11 is 7.58. The first-order valence-electron chi connectivity index (χ1n) is 6.45. The molecule has 1 N–H and O–H groups in total. The normalized spacial score (nSPS) is 10.0.